The van der Waals surface area contributed by atoms with Gasteiger partial charge in [0.15, 0.2) is 0 Å². The number of benzene rings is 1. The van der Waals surface area contributed by atoms with Gasteiger partial charge < -0.3 is 15.7 Å². The number of hydrogen-bond donors (Lipinski definition) is 3. The Bertz CT molecular complexity index is 401. The van der Waals surface area contributed by atoms with Gasteiger partial charge in [-0.05, 0) is 36.8 Å². The molecule has 0 saturated heterocycles. The van der Waals surface area contributed by atoms with Crippen molar-refractivity contribution in [3.8, 4) is 0 Å². The Labute approximate surface area is 121 Å². The van der Waals surface area contributed by atoms with Crippen LogP contribution in [0.15, 0.2) is 24.3 Å². The number of aliphatic hydroxyl groups is 1. The minimum Gasteiger partial charge on any atom is -0.394 e. The lowest BCUT2D eigenvalue weighted by Gasteiger charge is -2.12. The van der Waals surface area contributed by atoms with Crippen LogP contribution in [0.3, 0.4) is 0 Å². The predicted molar refractivity (Wildman–Crippen MR) is 81.9 cm³/mol. The number of amides is 2. The number of aliphatic hydroxyl groups excluding tert-OH is 1. The first-order chi connectivity index (χ1) is 9.52. The molecule has 112 valence electrons. The van der Waals surface area contributed by atoms with Gasteiger partial charge in [0, 0.05) is 6.54 Å². The minimum atomic E-state index is -0.221. The van der Waals surface area contributed by atoms with Gasteiger partial charge in [-0.2, -0.15) is 0 Å². The quantitative estimate of drug-likeness (QED) is 0.671. The molecule has 0 aliphatic carbocycles. The fourth-order valence-corrected chi connectivity index (χ4v) is 1.88. The highest BCUT2D eigenvalue weighted by atomic mass is 16.3. The number of aryl methyl sites for hydroxylation is 1. The first-order valence-corrected chi connectivity index (χ1v) is 7.27. The summed E-state index contributed by atoms with van der Waals surface area (Å²) in [5.41, 5.74) is 2.64. The van der Waals surface area contributed by atoms with Gasteiger partial charge in [0.25, 0.3) is 0 Å². The summed E-state index contributed by atoms with van der Waals surface area (Å²) >= 11 is 0. The number of carbonyl (C=O) groups excluding carboxylic acids is 1. The number of rotatable bonds is 7. The Morgan fingerprint density at radius 3 is 2.40 bits per heavy atom. The molecular weight excluding hydrogens is 252 g/mol. The highest BCUT2D eigenvalue weighted by Crippen LogP contribution is 2.15. The van der Waals surface area contributed by atoms with Crippen LogP contribution in [0.2, 0.25) is 0 Å². The number of nitrogens with one attached hydrogen (secondary N) is 2. The summed E-state index contributed by atoms with van der Waals surface area (Å²) in [6, 6.07) is 8.22. The van der Waals surface area contributed by atoms with Crippen LogP contribution in [0.25, 0.3) is 0 Å². The Morgan fingerprint density at radius 1 is 1.20 bits per heavy atom. The molecular formula is C16H26N2O2. The van der Waals surface area contributed by atoms with Crippen LogP contribution in [0, 0.1) is 0 Å². The summed E-state index contributed by atoms with van der Waals surface area (Å²) in [5.74, 6) is 0.558. The van der Waals surface area contributed by atoms with E-state index in [0.717, 1.165) is 12.8 Å². The topological polar surface area (TPSA) is 61.4 Å². The Hall–Kier alpha value is -1.55. The first kappa shape index (κ1) is 16.5. The largest absolute Gasteiger partial charge is 0.394 e. The summed E-state index contributed by atoms with van der Waals surface area (Å²) in [6.45, 7) is 6.72. The summed E-state index contributed by atoms with van der Waals surface area (Å²) in [6.07, 6.45) is 1.86. The third-order valence-electron chi connectivity index (χ3n) is 3.23. The van der Waals surface area contributed by atoms with Crippen molar-refractivity contribution < 1.29 is 9.90 Å². The van der Waals surface area contributed by atoms with Gasteiger partial charge in [-0.25, -0.2) is 4.79 Å². The molecule has 0 heterocycles. The fraction of sp³-hybridized carbons (Fsp3) is 0.562. The maximum Gasteiger partial charge on any atom is 0.315 e. The molecule has 1 atom stereocenters. The van der Waals surface area contributed by atoms with Gasteiger partial charge in [-0.1, -0.05) is 38.1 Å². The van der Waals surface area contributed by atoms with Crippen LogP contribution in [0.1, 0.15) is 44.2 Å². The van der Waals surface area contributed by atoms with E-state index >= 15 is 0 Å². The van der Waals surface area contributed by atoms with Crippen LogP contribution in [0.5, 0.6) is 0 Å². The van der Waals surface area contributed by atoms with E-state index in [0.29, 0.717) is 12.5 Å². The lowest BCUT2D eigenvalue weighted by atomic mass is 10.0. The molecule has 0 aliphatic heterocycles. The van der Waals surface area contributed by atoms with Crippen molar-refractivity contribution in [2.45, 2.75) is 45.6 Å². The summed E-state index contributed by atoms with van der Waals surface area (Å²) in [7, 11) is 0. The van der Waals surface area contributed by atoms with Crippen molar-refractivity contribution in [3.05, 3.63) is 35.4 Å². The third-order valence-corrected chi connectivity index (χ3v) is 3.23. The van der Waals surface area contributed by atoms with E-state index in [2.05, 4.69) is 48.7 Å². The Kier molecular flexibility index (Phi) is 7.09. The van der Waals surface area contributed by atoms with Gasteiger partial charge in [0.1, 0.15) is 0 Å². The van der Waals surface area contributed by atoms with Crippen LogP contribution < -0.4 is 10.6 Å². The van der Waals surface area contributed by atoms with Crippen molar-refractivity contribution in [1.29, 1.82) is 0 Å². The number of urea groups is 1. The Balaban J connectivity index is 2.22. The average Bonchev–Trinajstić information content (AvgIpc) is 2.44. The van der Waals surface area contributed by atoms with E-state index in [9.17, 15) is 4.79 Å². The minimum absolute atomic E-state index is 0.0460. The van der Waals surface area contributed by atoms with Gasteiger partial charge in [0.05, 0.1) is 12.6 Å². The highest BCUT2D eigenvalue weighted by molar-refractivity contribution is 5.74. The Morgan fingerprint density at radius 2 is 1.85 bits per heavy atom. The van der Waals surface area contributed by atoms with E-state index in [-0.39, 0.29) is 18.7 Å². The fourth-order valence-electron chi connectivity index (χ4n) is 1.88. The van der Waals surface area contributed by atoms with Crippen molar-refractivity contribution in [2.75, 3.05) is 13.2 Å². The molecule has 0 aromatic heterocycles. The van der Waals surface area contributed by atoms with Gasteiger partial charge in [-0.3, -0.25) is 0 Å². The molecule has 0 bridgehead atoms. The smallest absolute Gasteiger partial charge is 0.315 e. The summed E-state index contributed by atoms with van der Waals surface area (Å²) in [5, 5.41) is 14.3. The van der Waals surface area contributed by atoms with Gasteiger partial charge in [0.2, 0.25) is 0 Å². The standard InChI is InChI=1S/C16H26N2O2/c1-12(2)15-8-6-14(7-9-15)5-4-10-17-16(20)18-13(3)11-19/h6-9,12-13,19H,4-5,10-11H2,1-3H3,(H2,17,18,20). The van der Waals surface area contributed by atoms with Crippen LogP contribution >= 0.6 is 0 Å². The normalized spacial score (nSPS) is 12.2. The van der Waals surface area contributed by atoms with Gasteiger partial charge >= 0.3 is 6.03 Å². The molecule has 20 heavy (non-hydrogen) atoms. The van der Waals surface area contributed by atoms with E-state index < -0.39 is 0 Å². The highest BCUT2D eigenvalue weighted by Gasteiger charge is 2.04. The zero-order valence-electron chi connectivity index (χ0n) is 12.6. The average molecular weight is 278 g/mol. The SMILES string of the molecule is CC(CO)NC(=O)NCCCc1ccc(C(C)C)cc1. The molecule has 1 aromatic rings. The molecule has 4 nitrogen and oxygen atoms in total. The maximum absolute atomic E-state index is 11.4. The summed E-state index contributed by atoms with van der Waals surface area (Å²) < 4.78 is 0. The molecule has 0 saturated carbocycles. The first-order valence-electron chi connectivity index (χ1n) is 7.27. The molecule has 1 rings (SSSR count). The lowest BCUT2D eigenvalue weighted by Crippen LogP contribution is -2.42. The molecule has 0 aliphatic rings. The number of carbonyl (C=O) groups is 1. The molecule has 1 aromatic carbocycles. The van der Waals surface area contributed by atoms with Gasteiger partial charge in [-0.15, -0.1) is 0 Å². The molecule has 0 spiro atoms. The second-order valence-electron chi connectivity index (χ2n) is 5.48. The van der Waals surface area contributed by atoms with E-state index in [4.69, 9.17) is 5.11 Å². The molecule has 0 fully saturated rings. The maximum atomic E-state index is 11.4. The van der Waals surface area contributed by atoms with E-state index in [1.165, 1.54) is 11.1 Å². The number of hydrogen-bond acceptors (Lipinski definition) is 2. The monoisotopic (exact) mass is 278 g/mol. The van der Waals surface area contributed by atoms with Crippen molar-refractivity contribution in [3.63, 3.8) is 0 Å². The molecule has 4 heteroatoms. The second kappa shape index (κ2) is 8.59. The van der Waals surface area contributed by atoms with Crippen LogP contribution in [0.4, 0.5) is 4.79 Å². The lowest BCUT2D eigenvalue weighted by molar-refractivity contribution is 0.220. The molecule has 3 N–H and O–H groups in total. The van der Waals surface area contributed by atoms with E-state index in [1.54, 1.807) is 6.92 Å². The molecule has 1 unspecified atom stereocenters. The van der Waals surface area contributed by atoms with Crippen molar-refractivity contribution >= 4 is 6.03 Å². The molecule has 2 amide bonds. The predicted octanol–water partition coefficient (Wildman–Crippen LogP) is 2.42. The van der Waals surface area contributed by atoms with E-state index in [1.807, 2.05) is 0 Å². The van der Waals surface area contributed by atoms with Crippen molar-refractivity contribution in [1.82, 2.24) is 10.6 Å². The van der Waals surface area contributed by atoms with Crippen LogP contribution in [-0.2, 0) is 6.42 Å². The summed E-state index contributed by atoms with van der Waals surface area (Å²) in [4.78, 5) is 11.4. The zero-order valence-corrected chi connectivity index (χ0v) is 12.6. The molecule has 0 radical (unpaired) electrons. The van der Waals surface area contributed by atoms with Crippen molar-refractivity contribution in [2.24, 2.45) is 0 Å². The third kappa shape index (κ3) is 6.06. The zero-order chi connectivity index (χ0) is 15.0. The second-order valence-corrected chi connectivity index (χ2v) is 5.48. The van der Waals surface area contributed by atoms with Crippen LogP contribution in [-0.4, -0.2) is 30.3 Å².